The summed E-state index contributed by atoms with van der Waals surface area (Å²) in [6.07, 6.45) is 1.71. The number of anilines is 1. The molecule has 0 bridgehead atoms. The van der Waals surface area contributed by atoms with Gasteiger partial charge in [-0.2, -0.15) is 0 Å². The maximum absolute atomic E-state index is 12.3. The molecule has 0 radical (unpaired) electrons. The second-order valence-corrected chi connectivity index (χ2v) is 6.80. The lowest BCUT2D eigenvalue weighted by molar-refractivity contribution is 0.0395. The third-order valence-electron chi connectivity index (χ3n) is 3.93. The Morgan fingerprint density at radius 2 is 2.13 bits per heavy atom. The monoisotopic (exact) mass is 341 g/mol. The van der Waals surface area contributed by atoms with E-state index in [1.54, 1.807) is 13.4 Å². The predicted octanol–water partition coefficient (Wildman–Crippen LogP) is 0.847. The first-order valence-corrected chi connectivity index (χ1v) is 9.40. The topological polar surface area (TPSA) is 54.0 Å². The second kappa shape index (κ2) is 9.22. The Balaban J connectivity index is 2.14. The van der Waals surface area contributed by atoms with E-state index in [4.69, 9.17) is 9.47 Å². The predicted molar refractivity (Wildman–Crippen MR) is 94.4 cm³/mol. The van der Waals surface area contributed by atoms with Crippen LogP contribution in [0.2, 0.25) is 0 Å². The van der Waals surface area contributed by atoms with E-state index in [2.05, 4.69) is 16.3 Å². The average Bonchev–Trinajstić information content (AvgIpc) is 2.56. The maximum atomic E-state index is 12.3. The van der Waals surface area contributed by atoms with Crippen LogP contribution in [0.4, 0.5) is 5.69 Å². The summed E-state index contributed by atoms with van der Waals surface area (Å²) in [4.78, 5) is 2.34. The third-order valence-corrected chi connectivity index (χ3v) is 4.93. The number of morpholine rings is 1. The first-order valence-electron chi connectivity index (χ1n) is 7.88. The first-order chi connectivity index (χ1) is 11.2. The Labute approximate surface area is 141 Å². The van der Waals surface area contributed by atoms with E-state index in [9.17, 15) is 4.21 Å². The van der Waals surface area contributed by atoms with Gasteiger partial charge in [-0.05, 0) is 24.7 Å². The van der Waals surface area contributed by atoms with Crippen LogP contribution in [0.1, 0.15) is 5.56 Å². The summed E-state index contributed by atoms with van der Waals surface area (Å²) in [5, 5.41) is 3.14. The van der Waals surface area contributed by atoms with Crippen LogP contribution in [-0.2, 0) is 22.3 Å². The number of methoxy groups -OCH3 is 1. The lowest BCUT2D eigenvalue weighted by atomic mass is 10.2. The minimum atomic E-state index is -1.11. The summed E-state index contributed by atoms with van der Waals surface area (Å²) in [5.41, 5.74) is 2.03. The van der Waals surface area contributed by atoms with Crippen LogP contribution in [0.5, 0.6) is 5.75 Å². The second-order valence-electron chi connectivity index (χ2n) is 5.52. The Morgan fingerprint density at radius 3 is 2.74 bits per heavy atom. The van der Waals surface area contributed by atoms with Crippen molar-refractivity contribution in [3.05, 3.63) is 23.8 Å². The normalized spacial score (nSPS) is 17.0. The van der Waals surface area contributed by atoms with Crippen LogP contribution in [0.15, 0.2) is 18.2 Å². The fourth-order valence-electron chi connectivity index (χ4n) is 2.69. The molecule has 1 heterocycles. The molecule has 1 atom stereocenters. The van der Waals surface area contributed by atoms with Crippen molar-refractivity contribution in [1.29, 1.82) is 0 Å². The molecule has 0 aromatic heterocycles. The molecule has 130 valence electrons. The smallest absolute Gasteiger partial charge is 0.143 e. The average molecular weight is 341 g/mol. The zero-order chi connectivity index (χ0) is 16.7. The van der Waals surface area contributed by atoms with Crippen molar-refractivity contribution in [2.45, 2.75) is 6.54 Å². The van der Waals surface area contributed by atoms with E-state index < -0.39 is 11.0 Å². The van der Waals surface area contributed by atoms with Gasteiger partial charge in [-0.1, -0.05) is 6.07 Å². The lowest BCUT2D eigenvalue weighted by Gasteiger charge is -2.30. The highest BCUT2D eigenvalue weighted by Gasteiger charge is 2.18. The first kappa shape index (κ1) is 18.2. The number of nitrogens with one attached hydrogen (secondary N) is 1. The van der Waals surface area contributed by atoms with E-state index >= 15 is 0 Å². The molecule has 1 fully saturated rings. The van der Waals surface area contributed by atoms with Gasteiger partial charge in [-0.15, -0.1) is 0 Å². The van der Waals surface area contributed by atoms with Crippen molar-refractivity contribution in [2.24, 2.45) is 0 Å². The standard InChI is InChI=1S/C16H27N3O3S/c1-17-13-14-4-5-16(21-2)15(12-14)19(23(3)20)7-6-18-8-10-22-11-9-18/h4-5,12,17H,6-11,13H2,1-3H3. The molecular weight excluding hydrogens is 314 g/mol. The minimum Gasteiger partial charge on any atom is -0.495 e. The summed E-state index contributed by atoms with van der Waals surface area (Å²) in [5.74, 6) is 0.752. The Bertz CT molecular complexity index is 521. The van der Waals surface area contributed by atoms with Crippen LogP contribution in [-0.4, -0.2) is 68.9 Å². The van der Waals surface area contributed by atoms with Crippen molar-refractivity contribution in [3.8, 4) is 5.75 Å². The van der Waals surface area contributed by atoms with Gasteiger partial charge in [0.05, 0.1) is 26.0 Å². The van der Waals surface area contributed by atoms with Gasteiger partial charge in [-0.3, -0.25) is 9.21 Å². The molecule has 1 aromatic rings. The summed E-state index contributed by atoms with van der Waals surface area (Å²) in [6.45, 7) is 5.74. The number of ether oxygens (including phenoxy) is 2. The zero-order valence-electron chi connectivity index (χ0n) is 14.2. The molecule has 1 aliphatic rings. The molecule has 7 heteroatoms. The van der Waals surface area contributed by atoms with Gasteiger partial charge < -0.3 is 14.8 Å². The van der Waals surface area contributed by atoms with Gasteiger partial charge >= 0.3 is 0 Å². The highest BCUT2D eigenvalue weighted by Crippen LogP contribution is 2.30. The van der Waals surface area contributed by atoms with Gasteiger partial charge in [0.2, 0.25) is 0 Å². The molecule has 6 nitrogen and oxygen atoms in total. The Morgan fingerprint density at radius 1 is 1.39 bits per heavy atom. The van der Waals surface area contributed by atoms with Crippen molar-refractivity contribution in [3.63, 3.8) is 0 Å². The van der Waals surface area contributed by atoms with Crippen LogP contribution in [0.25, 0.3) is 0 Å². The van der Waals surface area contributed by atoms with E-state index in [1.807, 2.05) is 23.5 Å². The van der Waals surface area contributed by atoms with Crippen LogP contribution in [0, 0.1) is 0 Å². The van der Waals surface area contributed by atoms with E-state index in [1.165, 1.54) is 0 Å². The highest BCUT2D eigenvalue weighted by atomic mass is 32.2. The molecule has 0 spiro atoms. The number of benzene rings is 1. The summed E-state index contributed by atoms with van der Waals surface area (Å²) in [7, 11) is 2.46. The maximum Gasteiger partial charge on any atom is 0.143 e. The van der Waals surface area contributed by atoms with Gasteiger partial charge in [0.1, 0.15) is 16.7 Å². The van der Waals surface area contributed by atoms with Gasteiger partial charge in [-0.25, -0.2) is 4.21 Å². The van der Waals surface area contributed by atoms with E-state index in [0.717, 1.165) is 56.4 Å². The molecule has 0 amide bonds. The van der Waals surface area contributed by atoms with Gasteiger partial charge in [0.25, 0.3) is 0 Å². The van der Waals surface area contributed by atoms with Crippen LogP contribution < -0.4 is 14.4 Å². The van der Waals surface area contributed by atoms with E-state index in [-0.39, 0.29) is 0 Å². The van der Waals surface area contributed by atoms with Crippen LogP contribution >= 0.6 is 0 Å². The van der Waals surface area contributed by atoms with Crippen molar-refractivity contribution >= 4 is 16.7 Å². The van der Waals surface area contributed by atoms with Crippen molar-refractivity contribution in [1.82, 2.24) is 10.2 Å². The molecule has 0 saturated carbocycles. The number of nitrogens with zero attached hydrogens (tertiary/aromatic N) is 2. The number of hydrogen-bond donors (Lipinski definition) is 1. The van der Waals surface area contributed by atoms with Crippen molar-refractivity contribution < 1.29 is 13.7 Å². The largest absolute Gasteiger partial charge is 0.495 e. The van der Waals surface area contributed by atoms with E-state index in [0.29, 0.717) is 6.54 Å². The molecule has 23 heavy (non-hydrogen) atoms. The van der Waals surface area contributed by atoms with Gasteiger partial charge in [0.15, 0.2) is 0 Å². The molecule has 0 aliphatic carbocycles. The molecule has 1 saturated heterocycles. The van der Waals surface area contributed by atoms with Crippen molar-refractivity contribution in [2.75, 3.05) is 64.1 Å². The summed E-state index contributed by atoms with van der Waals surface area (Å²) >= 11 is 0. The molecule has 1 unspecified atom stereocenters. The number of hydrogen-bond acceptors (Lipinski definition) is 5. The third kappa shape index (κ3) is 5.17. The summed E-state index contributed by atoms with van der Waals surface area (Å²) in [6, 6.07) is 6.02. The highest BCUT2D eigenvalue weighted by molar-refractivity contribution is 7.85. The fourth-order valence-corrected chi connectivity index (χ4v) is 3.45. The lowest BCUT2D eigenvalue weighted by Crippen LogP contribution is -2.42. The fraction of sp³-hybridized carbons (Fsp3) is 0.625. The molecule has 1 aliphatic heterocycles. The van der Waals surface area contributed by atoms with Gasteiger partial charge in [0, 0.05) is 39.0 Å². The Hall–Kier alpha value is -1.15. The molecule has 2 rings (SSSR count). The van der Waals surface area contributed by atoms with Crippen LogP contribution in [0.3, 0.4) is 0 Å². The SMILES string of the molecule is CNCc1ccc(OC)c(N(CCN2CCOCC2)S(C)=O)c1. The minimum absolute atomic E-state index is 0.697. The Kier molecular flexibility index (Phi) is 7.29. The quantitative estimate of drug-likeness (QED) is 0.760. The molecular formula is C16H27N3O3S. The molecule has 1 aromatic carbocycles. The zero-order valence-corrected chi connectivity index (χ0v) is 15.0. The summed E-state index contributed by atoms with van der Waals surface area (Å²) < 4.78 is 25.0. The molecule has 1 N–H and O–H groups in total. The number of rotatable bonds is 8.